The first-order valence-electron chi connectivity index (χ1n) is 6.74. The standard InChI is InChI=1S/C17H16ClNO/c1-12-15(18)16(13-8-4-2-5-9-13)20-17(19-12)14-10-6-3-7-11-14/h2-12,15-16H,1H3/t12-,15+,16-/m1/s1. The summed E-state index contributed by atoms with van der Waals surface area (Å²) in [5.41, 5.74) is 2.08. The topological polar surface area (TPSA) is 21.6 Å². The summed E-state index contributed by atoms with van der Waals surface area (Å²) in [6, 6.07) is 20.0. The van der Waals surface area contributed by atoms with Crippen LogP contribution in [0.1, 0.15) is 24.2 Å². The number of ether oxygens (including phenoxy) is 1. The Labute approximate surface area is 124 Å². The molecule has 0 spiro atoms. The Balaban J connectivity index is 1.94. The van der Waals surface area contributed by atoms with Crippen molar-refractivity contribution in [2.24, 2.45) is 4.99 Å². The van der Waals surface area contributed by atoms with Gasteiger partial charge in [0.1, 0.15) is 6.10 Å². The summed E-state index contributed by atoms with van der Waals surface area (Å²) >= 11 is 6.49. The fourth-order valence-corrected chi connectivity index (χ4v) is 2.60. The first kappa shape index (κ1) is 13.2. The smallest absolute Gasteiger partial charge is 0.217 e. The Hall–Kier alpha value is -1.80. The summed E-state index contributed by atoms with van der Waals surface area (Å²) in [7, 11) is 0. The van der Waals surface area contributed by atoms with Crippen molar-refractivity contribution in [1.82, 2.24) is 0 Å². The maximum atomic E-state index is 6.49. The normalized spacial score (nSPS) is 25.7. The Morgan fingerprint density at radius 1 is 0.950 bits per heavy atom. The lowest BCUT2D eigenvalue weighted by molar-refractivity contribution is 0.160. The molecule has 0 amide bonds. The van der Waals surface area contributed by atoms with Crippen LogP contribution in [0.2, 0.25) is 0 Å². The number of alkyl halides is 1. The molecule has 1 heterocycles. The second kappa shape index (κ2) is 5.68. The van der Waals surface area contributed by atoms with Crippen molar-refractivity contribution < 1.29 is 4.74 Å². The zero-order valence-corrected chi connectivity index (χ0v) is 12.0. The van der Waals surface area contributed by atoms with E-state index < -0.39 is 0 Å². The number of hydrogen-bond donors (Lipinski definition) is 0. The average molecular weight is 286 g/mol. The van der Waals surface area contributed by atoms with Crippen molar-refractivity contribution in [2.75, 3.05) is 0 Å². The first-order valence-corrected chi connectivity index (χ1v) is 7.18. The molecule has 0 unspecified atom stereocenters. The highest BCUT2D eigenvalue weighted by molar-refractivity contribution is 6.22. The quantitative estimate of drug-likeness (QED) is 0.758. The monoisotopic (exact) mass is 285 g/mol. The van der Waals surface area contributed by atoms with E-state index in [1.165, 1.54) is 0 Å². The third-order valence-corrected chi connectivity index (χ3v) is 4.05. The lowest BCUT2D eigenvalue weighted by Crippen LogP contribution is -2.34. The molecule has 0 saturated heterocycles. The molecule has 0 aliphatic carbocycles. The van der Waals surface area contributed by atoms with Gasteiger partial charge < -0.3 is 4.74 Å². The zero-order chi connectivity index (χ0) is 13.9. The summed E-state index contributed by atoms with van der Waals surface area (Å²) in [5, 5.41) is -0.162. The lowest BCUT2D eigenvalue weighted by atomic mass is 10.0. The Morgan fingerprint density at radius 2 is 1.55 bits per heavy atom. The molecule has 3 atom stereocenters. The maximum absolute atomic E-state index is 6.49. The molecule has 0 aromatic heterocycles. The van der Waals surface area contributed by atoms with Gasteiger partial charge in [0.05, 0.1) is 11.4 Å². The summed E-state index contributed by atoms with van der Waals surface area (Å²) in [6.45, 7) is 2.03. The summed E-state index contributed by atoms with van der Waals surface area (Å²) in [4.78, 5) is 4.57. The van der Waals surface area contributed by atoms with E-state index in [-0.39, 0.29) is 17.5 Å². The third kappa shape index (κ3) is 2.56. The van der Waals surface area contributed by atoms with Crippen molar-refractivity contribution in [3.63, 3.8) is 0 Å². The average Bonchev–Trinajstić information content (AvgIpc) is 2.51. The molecule has 3 rings (SSSR count). The van der Waals surface area contributed by atoms with Crippen LogP contribution >= 0.6 is 11.6 Å². The second-order valence-electron chi connectivity index (χ2n) is 4.93. The van der Waals surface area contributed by atoms with E-state index in [9.17, 15) is 0 Å². The van der Waals surface area contributed by atoms with Crippen LogP contribution < -0.4 is 0 Å². The van der Waals surface area contributed by atoms with E-state index in [1.807, 2.05) is 67.6 Å². The van der Waals surface area contributed by atoms with Crippen molar-refractivity contribution in [3.05, 3.63) is 71.8 Å². The van der Waals surface area contributed by atoms with Gasteiger partial charge in [-0.1, -0.05) is 48.5 Å². The van der Waals surface area contributed by atoms with E-state index in [0.717, 1.165) is 11.1 Å². The second-order valence-corrected chi connectivity index (χ2v) is 5.44. The number of aliphatic imine (C=N–C) groups is 1. The SMILES string of the molecule is C[C@H]1N=C(c2ccccc2)O[C@H](c2ccccc2)[C@H]1Cl. The molecular weight excluding hydrogens is 270 g/mol. The number of nitrogens with zero attached hydrogens (tertiary/aromatic N) is 1. The van der Waals surface area contributed by atoms with Gasteiger partial charge in [-0.15, -0.1) is 11.6 Å². The van der Waals surface area contributed by atoms with E-state index in [2.05, 4.69) is 4.99 Å². The molecule has 0 saturated carbocycles. The summed E-state index contributed by atoms with van der Waals surface area (Å²) in [5.74, 6) is 0.670. The molecule has 1 aliphatic rings. The predicted octanol–water partition coefficient (Wildman–Crippen LogP) is 4.20. The highest BCUT2D eigenvalue weighted by Crippen LogP contribution is 2.33. The Bertz CT molecular complexity index is 597. The van der Waals surface area contributed by atoms with Gasteiger partial charge in [0.2, 0.25) is 5.90 Å². The van der Waals surface area contributed by atoms with Gasteiger partial charge in [-0.05, 0) is 24.6 Å². The van der Waals surface area contributed by atoms with Crippen LogP contribution in [-0.2, 0) is 4.74 Å². The minimum atomic E-state index is -0.166. The fraction of sp³-hybridized carbons (Fsp3) is 0.235. The van der Waals surface area contributed by atoms with Crippen LogP contribution in [0.25, 0.3) is 0 Å². The first-order chi connectivity index (χ1) is 9.75. The zero-order valence-electron chi connectivity index (χ0n) is 11.2. The molecule has 102 valence electrons. The molecular formula is C17H16ClNO. The minimum Gasteiger partial charge on any atom is -0.468 e. The van der Waals surface area contributed by atoms with E-state index in [0.29, 0.717) is 5.90 Å². The fourth-order valence-electron chi connectivity index (χ4n) is 2.34. The van der Waals surface area contributed by atoms with Gasteiger partial charge in [0.15, 0.2) is 0 Å². The summed E-state index contributed by atoms with van der Waals surface area (Å²) in [6.07, 6.45) is -0.166. The molecule has 1 aliphatic heterocycles. The number of hydrogen-bond acceptors (Lipinski definition) is 2. The Kier molecular flexibility index (Phi) is 3.75. The van der Waals surface area contributed by atoms with Gasteiger partial charge in [0, 0.05) is 5.56 Å². The van der Waals surface area contributed by atoms with Crippen LogP contribution in [-0.4, -0.2) is 17.3 Å². The molecule has 2 aromatic carbocycles. The minimum absolute atomic E-state index is 0.0193. The van der Waals surface area contributed by atoms with E-state index >= 15 is 0 Å². The summed E-state index contributed by atoms with van der Waals surface area (Å²) < 4.78 is 6.06. The molecule has 2 aromatic rings. The van der Waals surface area contributed by atoms with Crippen LogP contribution in [0.3, 0.4) is 0 Å². The Morgan fingerprint density at radius 3 is 2.20 bits per heavy atom. The van der Waals surface area contributed by atoms with E-state index in [4.69, 9.17) is 16.3 Å². The van der Waals surface area contributed by atoms with Crippen LogP contribution in [0.15, 0.2) is 65.7 Å². The molecule has 3 heteroatoms. The predicted molar refractivity (Wildman–Crippen MR) is 82.4 cm³/mol. The number of halogens is 1. The highest BCUT2D eigenvalue weighted by atomic mass is 35.5. The lowest BCUT2D eigenvalue weighted by Gasteiger charge is -2.32. The third-order valence-electron chi connectivity index (χ3n) is 3.46. The van der Waals surface area contributed by atoms with Crippen LogP contribution in [0, 0.1) is 0 Å². The van der Waals surface area contributed by atoms with Gasteiger partial charge in [-0.3, -0.25) is 0 Å². The van der Waals surface area contributed by atoms with Gasteiger partial charge in [0.25, 0.3) is 0 Å². The van der Waals surface area contributed by atoms with Gasteiger partial charge >= 0.3 is 0 Å². The van der Waals surface area contributed by atoms with Gasteiger partial charge in [-0.2, -0.15) is 0 Å². The number of rotatable bonds is 2. The van der Waals surface area contributed by atoms with Crippen molar-refractivity contribution >= 4 is 17.5 Å². The molecule has 2 nitrogen and oxygen atoms in total. The number of benzene rings is 2. The van der Waals surface area contributed by atoms with E-state index in [1.54, 1.807) is 0 Å². The van der Waals surface area contributed by atoms with Crippen LogP contribution in [0.5, 0.6) is 0 Å². The molecule has 0 radical (unpaired) electrons. The van der Waals surface area contributed by atoms with Crippen molar-refractivity contribution in [3.8, 4) is 0 Å². The van der Waals surface area contributed by atoms with Crippen LogP contribution in [0.4, 0.5) is 0 Å². The molecule has 0 N–H and O–H groups in total. The maximum Gasteiger partial charge on any atom is 0.217 e. The molecule has 0 bridgehead atoms. The molecule has 0 fully saturated rings. The molecule has 20 heavy (non-hydrogen) atoms. The highest BCUT2D eigenvalue weighted by Gasteiger charge is 2.33. The largest absolute Gasteiger partial charge is 0.468 e. The van der Waals surface area contributed by atoms with Gasteiger partial charge in [-0.25, -0.2) is 4.99 Å². The van der Waals surface area contributed by atoms with Crippen molar-refractivity contribution in [1.29, 1.82) is 0 Å². The van der Waals surface area contributed by atoms with Crippen molar-refractivity contribution in [2.45, 2.75) is 24.4 Å².